The molecule has 1 aromatic carbocycles. The molecule has 23 heavy (non-hydrogen) atoms. The fraction of sp³-hybridized carbons (Fsp3) is 0.312. The molecular formula is C16H16ClFN2O3. The maximum atomic E-state index is 13.2. The van der Waals surface area contributed by atoms with Crippen molar-refractivity contribution in [3.05, 3.63) is 58.8 Å². The highest BCUT2D eigenvalue weighted by Gasteiger charge is 2.25. The second-order valence-corrected chi connectivity index (χ2v) is 5.62. The van der Waals surface area contributed by atoms with E-state index in [0.29, 0.717) is 32.0 Å². The summed E-state index contributed by atoms with van der Waals surface area (Å²) in [6, 6.07) is 7.83. The number of urea groups is 1. The molecule has 1 unspecified atom stereocenters. The minimum atomic E-state index is -0.473. The number of hydrogen-bond acceptors (Lipinski definition) is 3. The smallest absolute Gasteiger partial charge is 0.317 e. The molecule has 2 amide bonds. The zero-order chi connectivity index (χ0) is 16.2. The zero-order valence-corrected chi connectivity index (χ0v) is 13.1. The summed E-state index contributed by atoms with van der Waals surface area (Å²) in [5.41, 5.74) is 0.750. The summed E-state index contributed by atoms with van der Waals surface area (Å²) in [6.07, 6.45) is 1.24. The van der Waals surface area contributed by atoms with Crippen LogP contribution in [0, 0.1) is 5.82 Å². The minimum Gasteiger partial charge on any atom is -0.467 e. The fourth-order valence-electron chi connectivity index (χ4n) is 2.44. The first kappa shape index (κ1) is 15.8. The van der Waals surface area contributed by atoms with Crippen LogP contribution in [0.3, 0.4) is 0 Å². The number of amides is 2. The van der Waals surface area contributed by atoms with Gasteiger partial charge in [0.05, 0.1) is 31.0 Å². The monoisotopic (exact) mass is 338 g/mol. The molecule has 0 saturated carbocycles. The Kier molecular flexibility index (Phi) is 4.83. The van der Waals surface area contributed by atoms with Gasteiger partial charge >= 0.3 is 6.03 Å². The molecule has 122 valence electrons. The Balaban J connectivity index is 1.60. The molecule has 1 fully saturated rings. The molecule has 1 aliphatic rings. The zero-order valence-electron chi connectivity index (χ0n) is 12.3. The highest BCUT2D eigenvalue weighted by atomic mass is 35.5. The van der Waals surface area contributed by atoms with E-state index in [1.54, 1.807) is 29.4 Å². The van der Waals surface area contributed by atoms with Gasteiger partial charge < -0.3 is 19.4 Å². The van der Waals surface area contributed by atoms with Gasteiger partial charge in [-0.25, -0.2) is 9.18 Å². The number of ether oxygens (including phenoxy) is 1. The number of furan rings is 1. The molecule has 1 atom stereocenters. The van der Waals surface area contributed by atoms with Crippen LogP contribution < -0.4 is 5.32 Å². The van der Waals surface area contributed by atoms with Crippen molar-refractivity contribution in [1.29, 1.82) is 0 Å². The third-order valence-corrected chi connectivity index (χ3v) is 3.95. The predicted molar refractivity (Wildman–Crippen MR) is 82.6 cm³/mol. The van der Waals surface area contributed by atoms with Gasteiger partial charge in [0.25, 0.3) is 0 Å². The van der Waals surface area contributed by atoms with E-state index >= 15 is 0 Å². The van der Waals surface area contributed by atoms with E-state index in [9.17, 15) is 9.18 Å². The van der Waals surface area contributed by atoms with E-state index in [2.05, 4.69) is 5.32 Å². The molecule has 5 nitrogen and oxygen atoms in total. The third-order valence-electron chi connectivity index (χ3n) is 3.66. The Hall–Kier alpha value is -2.05. The molecule has 0 aliphatic carbocycles. The molecule has 1 aliphatic heterocycles. The standard InChI is InChI=1S/C16H16ClFN2O3/c17-13-8-11(3-4-14(13)18)15-10-20(5-7-23-15)16(21)19-9-12-2-1-6-22-12/h1-4,6,8,15H,5,7,9-10H2,(H,19,21). The van der Waals surface area contributed by atoms with Gasteiger partial charge in [0.2, 0.25) is 0 Å². The SMILES string of the molecule is O=C(NCc1ccco1)N1CCOC(c2ccc(F)c(Cl)c2)C1. The lowest BCUT2D eigenvalue weighted by atomic mass is 10.1. The molecule has 0 radical (unpaired) electrons. The summed E-state index contributed by atoms with van der Waals surface area (Å²) in [5.74, 6) is 0.216. The van der Waals surface area contributed by atoms with Crippen molar-refractivity contribution < 1.29 is 18.3 Å². The van der Waals surface area contributed by atoms with Gasteiger partial charge in [0, 0.05) is 6.54 Å². The molecule has 7 heteroatoms. The number of benzene rings is 1. The van der Waals surface area contributed by atoms with Gasteiger partial charge in [-0.05, 0) is 29.8 Å². The number of carbonyl (C=O) groups excluding carboxylic acids is 1. The lowest BCUT2D eigenvalue weighted by Crippen LogP contribution is -2.46. The average Bonchev–Trinajstić information content (AvgIpc) is 3.09. The van der Waals surface area contributed by atoms with Crippen molar-refractivity contribution in [3.8, 4) is 0 Å². The van der Waals surface area contributed by atoms with Gasteiger partial charge in [-0.2, -0.15) is 0 Å². The van der Waals surface area contributed by atoms with Gasteiger partial charge in [-0.15, -0.1) is 0 Å². The summed E-state index contributed by atoms with van der Waals surface area (Å²) in [7, 11) is 0. The van der Waals surface area contributed by atoms with Crippen molar-refractivity contribution in [2.24, 2.45) is 0 Å². The largest absolute Gasteiger partial charge is 0.467 e. The van der Waals surface area contributed by atoms with Gasteiger partial charge in [0.15, 0.2) is 0 Å². The second-order valence-electron chi connectivity index (χ2n) is 5.22. The normalized spacial score (nSPS) is 18.0. The molecule has 1 aromatic heterocycles. The summed E-state index contributed by atoms with van der Waals surface area (Å²) in [6.45, 7) is 1.62. The second kappa shape index (κ2) is 7.02. The number of nitrogens with zero attached hydrogens (tertiary/aromatic N) is 1. The molecule has 1 saturated heterocycles. The number of carbonyl (C=O) groups is 1. The maximum absolute atomic E-state index is 13.2. The number of morpholine rings is 1. The van der Waals surface area contributed by atoms with E-state index in [-0.39, 0.29) is 17.2 Å². The third kappa shape index (κ3) is 3.83. The number of nitrogens with one attached hydrogen (secondary N) is 1. The molecule has 0 bridgehead atoms. The molecule has 0 spiro atoms. The summed E-state index contributed by atoms with van der Waals surface area (Å²) in [4.78, 5) is 13.9. The molecule has 2 aromatic rings. The van der Waals surface area contributed by atoms with Crippen molar-refractivity contribution >= 4 is 17.6 Å². The van der Waals surface area contributed by atoms with E-state index in [0.717, 1.165) is 5.56 Å². The lowest BCUT2D eigenvalue weighted by Gasteiger charge is -2.33. The maximum Gasteiger partial charge on any atom is 0.317 e. The highest BCUT2D eigenvalue weighted by Crippen LogP contribution is 2.26. The van der Waals surface area contributed by atoms with Crippen LogP contribution in [0.1, 0.15) is 17.4 Å². The first-order valence-electron chi connectivity index (χ1n) is 7.25. The van der Waals surface area contributed by atoms with Gasteiger partial charge in [0.1, 0.15) is 17.7 Å². The first-order valence-corrected chi connectivity index (χ1v) is 7.63. The van der Waals surface area contributed by atoms with Gasteiger partial charge in [-0.3, -0.25) is 0 Å². The Labute approximate surface area is 138 Å². The minimum absolute atomic E-state index is 0.0468. The van der Waals surface area contributed by atoms with Crippen molar-refractivity contribution in [2.75, 3.05) is 19.7 Å². The Morgan fingerprint density at radius 2 is 2.30 bits per heavy atom. The van der Waals surface area contributed by atoms with Crippen LogP contribution in [0.4, 0.5) is 9.18 Å². The van der Waals surface area contributed by atoms with Crippen LogP contribution in [-0.2, 0) is 11.3 Å². The van der Waals surface area contributed by atoms with Crippen molar-refractivity contribution in [1.82, 2.24) is 10.2 Å². The van der Waals surface area contributed by atoms with Crippen LogP contribution in [0.15, 0.2) is 41.0 Å². The summed E-state index contributed by atoms with van der Waals surface area (Å²) >= 11 is 5.80. The number of hydrogen-bond donors (Lipinski definition) is 1. The van der Waals surface area contributed by atoms with E-state index in [4.69, 9.17) is 20.8 Å². The van der Waals surface area contributed by atoms with E-state index in [1.165, 1.54) is 12.1 Å². The molecular weight excluding hydrogens is 323 g/mol. The number of rotatable bonds is 3. The summed E-state index contributed by atoms with van der Waals surface area (Å²) < 4.78 is 24.1. The summed E-state index contributed by atoms with van der Waals surface area (Å²) in [5, 5.41) is 2.85. The van der Waals surface area contributed by atoms with E-state index in [1.807, 2.05) is 0 Å². The first-order chi connectivity index (χ1) is 11.1. The molecule has 2 heterocycles. The van der Waals surface area contributed by atoms with Crippen molar-refractivity contribution in [2.45, 2.75) is 12.6 Å². The quantitative estimate of drug-likeness (QED) is 0.933. The fourth-order valence-corrected chi connectivity index (χ4v) is 2.62. The Morgan fingerprint density at radius 1 is 1.43 bits per heavy atom. The lowest BCUT2D eigenvalue weighted by molar-refractivity contribution is -0.0155. The van der Waals surface area contributed by atoms with Crippen molar-refractivity contribution in [3.63, 3.8) is 0 Å². The van der Waals surface area contributed by atoms with E-state index < -0.39 is 5.82 Å². The Bertz CT molecular complexity index is 678. The molecule has 3 rings (SSSR count). The number of halogens is 2. The van der Waals surface area contributed by atoms with Crippen LogP contribution in [-0.4, -0.2) is 30.6 Å². The predicted octanol–water partition coefficient (Wildman–Crippen LogP) is 3.36. The van der Waals surface area contributed by atoms with Crippen LogP contribution in [0.5, 0.6) is 0 Å². The van der Waals surface area contributed by atoms with Crippen LogP contribution in [0.25, 0.3) is 0 Å². The molecule has 1 N–H and O–H groups in total. The average molecular weight is 339 g/mol. The van der Waals surface area contributed by atoms with Crippen LogP contribution in [0.2, 0.25) is 5.02 Å². The topological polar surface area (TPSA) is 54.7 Å². The van der Waals surface area contributed by atoms with Crippen LogP contribution >= 0.6 is 11.6 Å². The Morgan fingerprint density at radius 3 is 3.04 bits per heavy atom. The van der Waals surface area contributed by atoms with Gasteiger partial charge in [-0.1, -0.05) is 17.7 Å². The highest BCUT2D eigenvalue weighted by molar-refractivity contribution is 6.30.